The Bertz CT molecular complexity index is 561. The first-order valence-corrected chi connectivity index (χ1v) is 8.05. The fourth-order valence-electron chi connectivity index (χ4n) is 2.64. The molecule has 126 valence electrons. The van der Waals surface area contributed by atoms with E-state index in [0.717, 1.165) is 5.56 Å². The molecule has 2 N–H and O–H groups in total. The van der Waals surface area contributed by atoms with E-state index in [1.165, 1.54) is 0 Å². The van der Waals surface area contributed by atoms with E-state index in [9.17, 15) is 9.59 Å². The molecule has 0 bridgehead atoms. The van der Waals surface area contributed by atoms with Gasteiger partial charge in [0.1, 0.15) is 0 Å². The third-order valence-corrected chi connectivity index (χ3v) is 4.25. The zero-order valence-electron chi connectivity index (χ0n) is 14.2. The summed E-state index contributed by atoms with van der Waals surface area (Å²) in [6.45, 7) is 8.31. The molecule has 2 amide bonds. The Balaban J connectivity index is 1.88. The number of morpholine rings is 1. The number of ether oxygens (including phenoxy) is 1. The second-order valence-electron chi connectivity index (χ2n) is 7.13. The van der Waals surface area contributed by atoms with Gasteiger partial charge in [-0.15, -0.1) is 0 Å². The molecule has 0 saturated carbocycles. The number of aryl methyl sites for hydroxylation is 1. The predicted molar refractivity (Wildman–Crippen MR) is 89.1 cm³/mol. The topological polar surface area (TPSA) is 72.6 Å². The van der Waals surface area contributed by atoms with E-state index in [1.807, 2.05) is 17.0 Å². The summed E-state index contributed by atoms with van der Waals surface area (Å²) in [5.41, 5.74) is 6.77. The van der Waals surface area contributed by atoms with Gasteiger partial charge >= 0.3 is 0 Å². The first-order chi connectivity index (χ1) is 10.8. The van der Waals surface area contributed by atoms with Gasteiger partial charge < -0.3 is 15.4 Å². The molecule has 0 spiro atoms. The Morgan fingerprint density at radius 2 is 1.91 bits per heavy atom. The molecule has 1 atom stereocenters. The van der Waals surface area contributed by atoms with E-state index in [-0.39, 0.29) is 17.4 Å². The first kappa shape index (κ1) is 17.5. The molecule has 0 unspecified atom stereocenters. The molecule has 0 aliphatic carbocycles. The molecule has 5 heteroatoms. The van der Waals surface area contributed by atoms with Crippen molar-refractivity contribution in [2.75, 3.05) is 19.7 Å². The van der Waals surface area contributed by atoms with Crippen molar-refractivity contribution in [1.82, 2.24) is 4.90 Å². The van der Waals surface area contributed by atoms with Gasteiger partial charge in [-0.2, -0.15) is 0 Å². The molecule has 1 heterocycles. The van der Waals surface area contributed by atoms with Gasteiger partial charge in [-0.05, 0) is 29.5 Å². The second kappa shape index (κ2) is 7.13. The SMILES string of the molecule is CC(C)(C)[C@H]1CN(C(=O)CCc2ccc(C(N)=O)cc2)CCO1. The molecular formula is C18H26N2O3. The molecule has 0 aromatic heterocycles. The van der Waals surface area contributed by atoms with Crippen LogP contribution in [0.3, 0.4) is 0 Å². The van der Waals surface area contributed by atoms with Crippen molar-refractivity contribution in [2.24, 2.45) is 11.1 Å². The van der Waals surface area contributed by atoms with E-state index < -0.39 is 5.91 Å². The molecule has 5 nitrogen and oxygen atoms in total. The van der Waals surface area contributed by atoms with Gasteiger partial charge in [0.25, 0.3) is 0 Å². The van der Waals surface area contributed by atoms with Gasteiger partial charge in [0, 0.05) is 25.1 Å². The van der Waals surface area contributed by atoms with Crippen molar-refractivity contribution in [1.29, 1.82) is 0 Å². The van der Waals surface area contributed by atoms with Crippen molar-refractivity contribution in [2.45, 2.75) is 39.7 Å². The van der Waals surface area contributed by atoms with Crippen LogP contribution in [-0.2, 0) is 16.0 Å². The van der Waals surface area contributed by atoms with Gasteiger partial charge in [0.15, 0.2) is 0 Å². The normalized spacial score (nSPS) is 18.7. The van der Waals surface area contributed by atoms with Crippen LogP contribution in [-0.4, -0.2) is 42.5 Å². The Hall–Kier alpha value is -1.88. The van der Waals surface area contributed by atoms with Crippen molar-refractivity contribution in [3.05, 3.63) is 35.4 Å². The lowest BCUT2D eigenvalue weighted by molar-refractivity contribution is -0.143. The van der Waals surface area contributed by atoms with Crippen LogP contribution >= 0.6 is 0 Å². The molecule has 1 fully saturated rings. The summed E-state index contributed by atoms with van der Waals surface area (Å²) in [6, 6.07) is 7.11. The number of rotatable bonds is 4. The Kier molecular flexibility index (Phi) is 5.42. The van der Waals surface area contributed by atoms with Crippen LogP contribution in [0.2, 0.25) is 0 Å². The van der Waals surface area contributed by atoms with Crippen LogP contribution in [0, 0.1) is 5.41 Å². The van der Waals surface area contributed by atoms with E-state index in [4.69, 9.17) is 10.5 Å². The lowest BCUT2D eigenvalue weighted by Crippen LogP contribution is -2.50. The number of nitrogens with zero attached hydrogens (tertiary/aromatic N) is 1. The number of nitrogens with two attached hydrogens (primary N) is 1. The third kappa shape index (κ3) is 4.79. The quantitative estimate of drug-likeness (QED) is 0.923. The lowest BCUT2D eigenvalue weighted by atomic mass is 9.88. The van der Waals surface area contributed by atoms with Crippen LogP contribution in [0.25, 0.3) is 0 Å². The Morgan fingerprint density at radius 1 is 1.26 bits per heavy atom. The zero-order chi connectivity index (χ0) is 17.0. The number of hydrogen-bond donors (Lipinski definition) is 1. The van der Waals surface area contributed by atoms with Crippen LogP contribution in [0.1, 0.15) is 43.1 Å². The summed E-state index contributed by atoms with van der Waals surface area (Å²) in [7, 11) is 0. The maximum Gasteiger partial charge on any atom is 0.248 e. The highest BCUT2D eigenvalue weighted by Gasteiger charge is 2.32. The van der Waals surface area contributed by atoms with Crippen molar-refractivity contribution >= 4 is 11.8 Å². The number of benzene rings is 1. The number of primary amides is 1. The molecule has 1 saturated heterocycles. The van der Waals surface area contributed by atoms with Gasteiger partial charge in [-0.1, -0.05) is 32.9 Å². The van der Waals surface area contributed by atoms with E-state index >= 15 is 0 Å². The Labute approximate surface area is 137 Å². The number of carbonyl (C=O) groups excluding carboxylic acids is 2. The Morgan fingerprint density at radius 3 is 2.48 bits per heavy atom. The lowest BCUT2D eigenvalue weighted by Gasteiger charge is -2.39. The van der Waals surface area contributed by atoms with Crippen LogP contribution in [0.5, 0.6) is 0 Å². The average Bonchev–Trinajstić information content (AvgIpc) is 2.52. The summed E-state index contributed by atoms with van der Waals surface area (Å²) >= 11 is 0. The fourth-order valence-corrected chi connectivity index (χ4v) is 2.64. The number of amides is 2. The fraction of sp³-hybridized carbons (Fsp3) is 0.556. The highest BCUT2D eigenvalue weighted by atomic mass is 16.5. The summed E-state index contributed by atoms with van der Waals surface area (Å²) in [5, 5.41) is 0. The van der Waals surface area contributed by atoms with Crippen LogP contribution in [0.15, 0.2) is 24.3 Å². The first-order valence-electron chi connectivity index (χ1n) is 8.05. The summed E-state index contributed by atoms with van der Waals surface area (Å²) in [6.07, 6.45) is 1.21. The van der Waals surface area contributed by atoms with Gasteiger partial charge in [-0.3, -0.25) is 9.59 Å². The van der Waals surface area contributed by atoms with Gasteiger partial charge in [0.05, 0.1) is 12.7 Å². The number of carbonyl (C=O) groups is 2. The maximum absolute atomic E-state index is 12.4. The zero-order valence-corrected chi connectivity index (χ0v) is 14.2. The largest absolute Gasteiger partial charge is 0.374 e. The van der Waals surface area contributed by atoms with Gasteiger partial charge in [-0.25, -0.2) is 0 Å². The molecule has 1 aliphatic heterocycles. The van der Waals surface area contributed by atoms with Crippen molar-refractivity contribution in [3.8, 4) is 0 Å². The molecule has 1 aromatic rings. The predicted octanol–water partition coefficient (Wildman–Crippen LogP) is 1.99. The van der Waals surface area contributed by atoms with Crippen LogP contribution < -0.4 is 5.73 Å². The second-order valence-corrected chi connectivity index (χ2v) is 7.13. The summed E-state index contributed by atoms with van der Waals surface area (Å²) < 4.78 is 5.78. The average molecular weight is 318 g/mol. The molecule has 1 aromatic carbocycles. The molecular weight excluding hydrogens is 292 g/mol. The van der Waals surface area contributed by atoms with E-state index in [2.05, 4.69) is 20.8 Å². The summed E-state index contributed by atoms with van der Waals surface area (Å²) in [5.74, 6) is -0.282. The van der Waals surface area contributed by atoms with Crippen molar-refractivity contribution < 1.29 is 14.3 Å². The van der Waals surface area contributed by atoms with Crippen molar-refractivity contribution in [3.63, 3.8) is 0 Å². The monoisotopic (exact) mass is 318 g/mol. The standard InChI is InChI=1S/C18H26N2O3/c1-18(2,3)15-12-20(10-11-23-15)16(21)9-6-13-4-7-14(8-5-13)17(19)22/h4-5,7-8,15H,6,9-12H2,1-3H3,(H2,19,22)/t15-/m1/s1. The minimum atomic E-state index is -0.436. The molecule has 1 aliphatic rings. The van der Waals surface area contributed by atoms with Crippen LogP contribution in [0.4, 0.5) is 0 Å². The third-order valence-electron chi connectivity index (χ3n) is 4.25. The van der Waals surface area contributed by atoms with E-state index in [1.54, 1.807) is 12.1 Å². The minimum absolute atomic E-state index is 0.0313. The molecule has 0 radical (unpaired) electrons. The number of hydrogen-bond acceptors (Lipinski definition) is 3. The highest BCUT2D eigenvalue weighted by molar-refractivity contribution is 5.92. The summed E-state index contributed by atoms with van der Waals surface area (Å²) in [4.78, 5) is 25.4. The minimum Gasteiger partial charge on any atom is -0.374 e. The van der Waals surface area contributed by atoms with Gasteiger partial charge in [0.2, 0.25) is 11.8 Å². The smallest absolute Gasteiger partial charge is 0.248 e. The highest BCUT2D eigenvalue weighted by Crippen LogP contribution is 2.25. The van der Waals surface area contributed by atoms with E-state index in [0.29, 0.717) is 38.1 Å². The molecule has 23 heavy (non-hydrogen) atoms. The maximum atomic E-state index is 12.4. The molecule has 2 rings (SSSR count).